The van der Waals surface area contributed by atoms with Crippen molar-refractivity contribution in [3.63, 3.8) is 0 Å². The predicted octanol–water partition coefficient (Wildman–Crippen LogP) is 1.96. The lowest BCUT2D eigenvalue weighted by molar-refractivity contribution is 0.0491. The van der Waals surface area contributed by atoms with Gasteiger partial charge in [0.2, 0.25) is 10.0 Å². The third-order valence-electron chi connectivity index (χ3n) is 2.51. The second-order valence-corrected chi connectivity index (χ2v) is 5.68. The highest BCUT2D eigenvalue weighted by Crippen LogP contribution is 2.20. The third-order valence-corrected chi connectivity index (χ3v) is 3.42. The Labute approximate surface area is 115 Å². The van der Waals surface area contributed by atoms with Crippen LogP contribution >= 0.6 is 0 Å². The lowest BCUT2D eigenvalue weighted by Gasteiger charge is -2.08. The Balaban J connectivity index is 3.01. The van der Waals surface area contributed by atoms with Gasteiger partial charge in [-0.15, -0.1) is 0 Å². The summed E-state index contributed by atoms with van der Waals surface area (Å²) in [5, 5.41) is 4.75. The molecule has 1 rings (SSSR count). The number of sulfonamides is 1. The highest BCUT2D eigenvalue weighted by molar-refractivity contribution is 7.89. The maximum atomic E-state index is 13.8. The van der Waals surface area contributed by atoms with Crippen LogP contribution in [0.5, 0.6) is 0 Å². The van der Waals surface area contributed by atoms with E-state index in [0.29, 0.717) is 18.6 Å². The van der Waals surface area contributed by atoms with Gasteiger partial charge in [-0.1, -0.05) is 19.8 Å². The first kappa shape index (κ1) is 16.5. The minimum Gasteiger partial charge on any atom is -0.462 e. The fraction of sp³-hybridized carbons (Fsp3) is 0.417. The van der Waals surface area contributed by atoms with E-state index >= 15 is 0 Å². The van der Waals surface area contributed by atoms with Crippen LogP contribution in [0.15, 0.2) is 17.0 Å². The fourth-order valence-electron chi connectivity index (χ4n) is 1.51. The molecule has 1 aromatic rings. The number of benzene rings is 1. The first-order valence-corrected chi connectivity index (χ1v) is 7.51. The van der Waals surface area contributed by atoms with Crippen molar-refractivity contribution in [1.29, 1.82) is 0 Å². The van der Waals surface area contributed by atoms with Crippen LogP contribution < -0.4 is 5.14 Å². The summed E-state index contributed by atoms with van der Waals surface area (Å²) in [5.41, 5.74) is -0.787. The molecule has 0 amide bonds. The van der Waals surface area contributed by atoms with Crippen molar-refractivity contribution in [2.24, 2.45) is 5.14 Å². The fourth-order valence-corrected chi connectivity index (χ4v) is 2.15. The maximum absolute atomic E-state index is 13.8. The van der Waals surface area contributed by atoms with Crippen molar-refractivity contribution < 1.29 is 26.7 Å². The number of hydrogen-bond donors (Lipinski definition) is 1. The van der Waals surface area contributed by atoms with Crippen LogP contribution in [0, 0.1) is 11.6 Å². The van der Waals surface area contributed by atoms with E-state index in [9.17, 15) is 22.0 Å². The van der Waals surface area contributed by atoms with Crippen molar-refractivity contribution >= 4 is 16.0 Å². The number of ether oxygens (including phenoxy) is 1. The number of hydrogen-bond acceptors (Lipinski definition) is 4. The smallest absolute Gasteiger partial charge is 0.341 e. The lowest BCUT2D eigenvalue weighted by atomic mass is 10.2. The van der Waals surface area contributed by atoms with Gasteiger partial charge in [0.15, 0.2) is 5.82 Å². The van der Waals surface area contributed by atoms with Gasteiger partial charge in [-0.25, -0.2) is 27.1 Å². The molecule has 0 aliphatic rings. The molecule has 8 heteroatoms. The molecule has 0 saturated heterocycles. The first-order chi connectivity index (χ1) is 9.27. The minimum atomic E-state index is -4.46. The number of carbonyl (C=O) groups excluding carboxylic acids is 1. The average molecular weight is 307 g/mol. The van der Waals surface area contributed by atoms with Gasteiger partial charge in [-0.05, 0) is 18.6 Å². The van der Waals surface area contributed by atoms with Gasteiger partial charge in [-0.3, -0.25) is 0 Å². The normalized spacial score (nSPS) is 11.4. The molecule has 0 aliphatic heterocycles. The van der Waals surface area contributed by atoms with Crippen molar-refractivity contribution in [2.75, 3.05) is 6.61 Å². The summed E-state index contributed by atoms with van der Waals surface area (Å²) < 4.78 is 54.0. The van der Waals surface area contributed by atoms with E-state index in [0.717, 1.165) is 12.8 Å². The third kappa shape index (κ3) is 4.24. The summed E-state index contributed by atoms with van der Waals surface area (Å²) in [6.07, 6.45) is 2.31. The Kier molecular flexibility index (Phi) is 5.58. The minimum absolute atomic E-state index is 0.0489. The van der Waals surface area contributed by atoms with Gasteiger partial charge in [0.1, 0.15) is 10.7 Å². The Bertz CT molecular complexity index is 602. The number of unbranched alkanes of at least 4 members (excludes halogenated alkanes) is 2. The van der Waals surface area contributed by atoms with E-state index in [1.165, 1.54) is 0 Å². The van der Waals surface area contributed by atoms with E-state index < -0.39 is 38.1 Å². The molecule has 0 radical (unpaired) electrons. The lowest BCUT2D eigenvalue weighted by Crippen LogP contribution is -2.18. The van der Waals surface area contributed by atoms with E-state index in [1.54, 1.807) is 0 Å². The zero-order chi connectivity index (χ0) is 15.3. The standard InChI is InChI=1S/C12H15F2NO4S/c1-2-3-4-5-19-12(16)9-6-8(13)7-10(11(9)14)20(15,17)18/h6-7H,2-5H2,1H3,(H2,15,17,18). The summed E-state index contributed by atoms with van der Waals surface area (Å²) in [6, 6.07) is 0.991. The molecule has 1 aromatic carbocycles. The molecule has 0 heterocycles. The van der Waals surface area contributed by atoms with Crippen LogP contribution in [0.2, 0.25) is 0 Å². The van der Waals surface area contributed by atoms with Crippen molar-refractivity contribution in [2.45, 2.75) is 31.1 Å². The van der Waals surface area contributed by atoms with Gasteiger partial charge in [-0.2, -0.15) is 0 Å². The van der Waals surface area contributed by atoms with Crippen LogP contribution in [0.1, 0.15) is 36.5 Å². The molecule has 0 atom stereocenters. The van der Waals surface area contributed by atoms with Crippen LogP contribution in [-0.2, 0) is 14.8 Å². The molecule has 0 aromatic heterocycles. The number of rotatable bonds is 6. The van der Waals surface area contributed by atoms with E-state index in [4.69, 9.17) is 9.88 Å². The van der Waals surface area contributed by atoms with Crippen LogP contribution in [0.3, 0.4) is 0 Å². The molecule has 112 valence electrons. The first-order valence-electron chi connectivity index (χ1n) is 5.96. The van der Waals surface area contributed by atoms with Crippen LogP contribution in [0.4, 0.5) is 8.78 Å². The van der Waals surface area contributed by atoms with Gasteiger partial charge in [0, 0.05) is 0 Å². The van der Waals surface area contributed by atoms with Gasteiger partial charge < -0.3 is 4.74 Å². The topological polar surface area (TPSA) is 86.5 Å². The predicted molar refractivity (Wildman–Crippen MR) is 67.5 cm³/mol. The summed E-state index contributed by atoms with van der Waals surface area (Å²) in [7, 11) is -4.46. The Morgan fingerprint density at radius 2 is 1.95 bits per heavy atom. The molecule has 2 N–H and O–H groups in total. The molecular formula is C12H15F2NO4S. The highest BCUT2D eigenvalue weighted by atomic mass is 32.2. The second kappa shape index (κ2) is 6.76. The van der Waals surface area contributed by atoms with Crippen LogP contribution in [-0.4, -0.2) is 21.0 Å². The van der Waals surface area contributed by atoms with Gasteiger partial charge in [0.05, 0.1) is 12.2 Å². The number of nitrogens with two attached hydrogens (primary N) is 1. The Morgan fingerprint density at radius 3 is 2.50 bits per heavy atom. The van der Waals surface area contributed by atoms with E-state index in [1.807, 2.05) is 6.92 Å². The highest BCUT2D eigenvalue weighted by Gasteiger charge is 2.24. The van der Waals surface area contributed by atoms with E-state index in [-0.39, 0.29) is 6.61 Å². The summed E-state index contributed by atoms with van der Waals surface area (Å²) >= 11 is 0. The molecular weight excluding hydrogens is 292 g/mol. The number of carbonyl (C=O) groups is 1. The Hall–Kier alpha value is -1.54. The Morgan fingerprint density at radius 1 is 1.30 bits per heavy atom. The zero-order valence-electron chi connectivity index (χ0n) is 10.9. The average Bonchev–Trinajstić information content (AvgIpc) is 2.35. The number of halogens is 2. The molecule has 0 saturated carbocycles. The van der Waals surface area contributed by atoms with Crippen LogP contribution in [0.25, 0.3) is 0 Å². The van der Waals surface area contributed by atoms with Gasteiger partial charge in [0.25, 0.3) is 0 Å². The SMILES string of the molecule is CCCCCOC(=O)c1cc(F)cc(S(N)(=O)=O)c1F. The summed E-state index contributed by atoms with van der Waals surface area (Å²) in [5.74, 6) is -3.62. The summed E-state index contributed by atoms with van der Waals surface area (Å²) in [4.78, 5) is 10.5. The van der Waals surface area contributed by atoms with Crippen molar-refractivity contribution in [3.8, 4) is 0 Å². The molecule has 20 heavy (non-hydrogen) atoms. The molecule has 0 fully saturated rings. The van der Waals surface area contributed by atoms with E-state index in [2.05, 4.69) is 0 Å². The molecule has 0 unspecified atom stereocenters. The second-order valence-electron chi connectivity index (χ2n) is 4.15. The molecule has 0 aliphatic carbocycles. The van der Waals surface area contributed by atoms with Crippen molar-refractivity contribution in [1.82, 2.24) is 0 Å². The monoisotopic (exact) mass is 307 g/mol. The number of esters is 1. The van der Waals surface area contributed by atoms with Gasteiger partial charge >= 0.3 is 5.97 Å². The largest absolute Gasteiger partial charge is 0.462 e. The van der Waals surface area contributed by atoms with Crippen molar-refractivity contribution in [3.05, 3.63) is 29.3 Å². The quantitative estimate of drug-likeness (QED) is 0.643. The zero-order valence-corrected chi connectivity index (χ0v) is 11.7. The molecule has 5 nitrogen and oxygen atoms in total. The summed E-state index contributed by atoms with van der Waals surface area (Å²) in [6.45, 7) is 2.00. The number of primary sulfonamides is 1. The molecule has 0 bridgehead atoms. The molecule has 0 spiro atoms. The maximum Gasteiger partial charge on any atom is 0.341 e.